The zero-order chi connectivity index (χ0) is 19.6. The standard InChI is InChI=1S/C21H25NO5/c1-4-15-6-5-7-17(10-15)22-20(23)14-27-21(24)9-8-16-11-18(25-2)13-19(12-16)26-3/h5-7,10-13H,4,8-9,14H2,1-3H3,(H,22,23). The first kappa shape index (κ1) is 20.3. The third-order valence-electron chi connectivity index (χ3n) is 4.01. The quantitative estimate of drug-likeness (QED) is 0.684. The van der Waals surface area contributed by atoms with E-state index in [2.05, 4.69) is 5.32 Å². The minimum atomic E-state index is -0.436. The number of hydrogen-bond donors (Lipinski definition) is 1. The maximum atomic E-state index is 11.9. The molecule has 1 N–H and O–H groups in total. The van der Waals surface area contributed by atoms with E-state index in [1.54, 1.807) is 26.4 Å². The molecule has 27 heavy (non-hydrogen) atoms. The number of esters is 1. The Kier molecular flexibility index (Phi) is 7.67. The predicted molar refractivity (Wildman–Crippen MR) is 103 cm³/mol. The van der Waals surface area contributed by atoms with Crippen LogP contribution in [0.5, 0.6) is 11.5 Å². The van der Waals surface area contributed by atoms with Crippen molar-refractivity contribution in [2.45, 2.75) is 26.2 Å². The Hall–Kier alpha value is -3.02. The normalized spacial score (nSPS) is 10.2. The molecule has 0 aliphatic heterocycles. The van der Waals surface area contributed by atoms with E-state index >= 15 is 0 Å². The molecule has 0 spiro atoms. The molecular weight excluding hydrogens is 346 g/mol. The highest BCUT2D eigenvalue weighted by Crippen LogP contribution is 2.23. The summed E-state index contributed by atoms with van der Waals surface area (Å²) in [5.74, 6) is 0.520. The van der Waals surface area contributed by atoms with Gasteiger partial charge in [-0.2, -0.15) is 0 Å². The highest BCUT2D eigenvalue weighted by atomic mass is 16.5. The molecule has 0 atom stereocenters. The second-order valence-corrected chi connectivity index (χ2v) is 5.98. The molecule has 1 amide bonds. The maximum absolute atomic E-state index is 11.9. The number of methoxy groups -OCH3 is 2. The van der Waals surface area contributed by atoms with Crippen molar-refractivity contribution in [2.75, 3.05) is 26.1 Å². The molecule has 0 saturated carbocycles. The van der Waals surface area contributed by atoms with E-state index in [0.717, 1.165) is 17.5 Å². The molecule has 0 unspecified atom stereocenters. The lowest BCUT2D eigenvalue weighted by atomic mass is 10.1. The number of hydrogen-bond acceptors (Lipinski definition) is 5. The summed E-state index contributed by atoms with van der Waals surface area (Å²) in [6.45, 7) is 1.73. The summed E-state index contributed by atoms with van der Waals surface area (Å²) in [5.41, 5.74) is 2.71. The molecule has 6 nitrogen and oxygen atoms in total. The fourth-order valence-corrected chi connectivity index (χ4v) is 2.54. The van der Waals surface area contributed by atoms with Crippen LogP contribution in [0.1, 0.15) is 24.5 Å². The van der Waals surface area contributed by atoms with Gasteiger partial charge < -0.3 is 19.5 Å². The number of rotatable bonds is 9. The van der Waals surface area contributed by atoms with Crippen molar-refractivity contribution in [3.05, 3.63) is 53.6 Å². The summed E-state index contributed by atoms with van der Waals surface area (Å²) in [7, 11) is 3.14. The molecule has 2 aromatic rings. The Morgan fingerprint density at radius 2 is 1.67 bits per heavy atom. The van der Waals surface area contributed by atoms with E-state index in [-0.39, 0.29) is 18.9 Å². The van der Waals surface area contributed by atoms with Crippen LogP contribution in [0.15, 0.2) is 42.5 Å². The number of ether oxygens (including phenoxy) is 3. The van der Waals surface area contributed by atoms with Crippen LogP contribution in [0.2, 0.25) is 0 Å². The molecule has 0 bridgehead atoms. The van der Waals surface area contributed by atoms with Gasteiger partial charge in [0.15, 0.2) is 6.61 Å². The van der Waals surface area contributed by atoms with Gasteiger partial charge in [-0.25, -0.2) is 0 Å². The molecule has 0 fully saturated rings. The van der Waals surface area contributed by atoms with Crippen molar-refractivity contribution in [3.63, 3.8) is 0 Å². The number of carbonyl (C=O) groups is 2. The number of anilines is 1. The molecule has 0 aliphatic carbocycles. The third-order valence-corrected chi connectivity index (χ3v) is 4.01. The first-order valence-corrected chi connectivity index (χ1v) is 8.80. The fraction of sp³-hybridized carbons (Fsp3) is 0.333. The Bertz CT molecular complexity index is 766. The van der Waals surface area contributed by atoms with E-state index in [0.29, 0.717) is 23.6 Å². The molecular formula is C21H25NO5. The molecule has 0 aliphatic rings. The van der Waals surface area contributed by atoms with E-state index in [1.807, 2.05) is 37.3 Å². The van der Waals surface area contributed by atoms with E-state index < -0.39 is 5.97 Å². The van der Waals surface area contributed by atoms with Crippen molar-refractivity contribution < 1.29 is 23.8 Å². The Labute approximate surface area is 159 Å². The van der Waals surface area contributed by atoms with Crippen LogP contribution >= 0.6 is 0 Å². The SMILES string of the molecule is CCc1cccc(NC(=O)COC(=O)CCc2cc(OC)cc(OC)c2)c1. The topological polar surface area (TPSA) is 73.9 Å². The predicted octanol–water partition coefficient (Wildman–Crippen LogP) is 3.38. The van der Waals surface area contributed by atoms with Crippen LogP contribution in [0.3, 0.4) is 0 Å². The van der Waals surface area contributed by atoms with Gasteiger partial charge in [0, 0.05) is 18.2 Å². The zero-order valence-electron chi connectivity index (χ0n) is 15.9. The number of benzene rings is 2. The van der Waals surface area contributed by atoms with Gasteiger partial charge in [-0.1, -0.05) is 19.1 Å². The van der Waals surface area contributed by atoms with Gasteiger partial charge in [0.25, 0.3) is 5.91 Å². The Morgan fingerprint density at radius 1 is 0.963 bits per heavy atom. The minimum absolute atomic E-state index is 0.162. The second-order valence-electron chi connectivity index (χ2n) is 5.98. The van der Waals surface area contributed by atoms with Crippen LogP contribution < -0.4 is 14.8 Å². The molecule has 6 heteroatoms. The first-order chi connectivity index (χ1) is 13.0. The molecule has 0 saturated heterocycles. The first-order valence-electron chi connectivity index (χ1n) is 8.80. The van der Waals surface area contributed by atoms with Crippen LogP contribution in [0.25, 0.3) is 0 Å². The minimum Gasteiger partial charge on any atom is -0.497 e. The summed E-state index contributed by atoms with van der Waals surface area (Å²) in [4.78, 5) is 23.9. The average molecular weight is 371 g/mol. The largest absolute Gasteiger partial charge is 0.497 e. The lowest BCUT2D eigenvalue weighted by Crippen LogP contribution is -2.21. The fourth-order valence-electron chi connectivity index (χ4n) is 2.54. The van der Waals surface area contributed by atoms with Gasteiger partial charge in [-0.15, -0.1) is 0 Å². The number of aryl methyl sites for hydroxylation is 2. The molecule has 0 radical (unpaired) electrons. The van der Waals surface area contributed by atoms with Gasteiger partial charge in [0.05, 0.1) is 14.2 Å². The number of nitrogens with one attached hydrogen (secondary N) is 1. The summed E-state index contributed by atoms with van der Waals surface area (Å²) in [6, 6.07) is 13.0. The smallest absolute Gasteiger partial charge is 0.306 e. The van der Waals surface area contributed by atoms with E-state index in [4.69, 9.17) is 14.2 Å². The number of amides is 1. The zero-order valence-corrected chi connectivity index (χ0v) is 15.9. The van der Waals surface area contributed by atoms with Crippen molar-refractivity contribution in [3.8, 4) is 11.5 Å². The van der Waals surface area contributed by atoms with Crippen LogP contribution in [0.4, 0.5) is 5.69 Å². The highest BCUT2D eigenvalue weighted by Gasteiger charge is 2.10. The van der Waals surface area contributed by atoms with Crippen LogP contribution in [-0.4, -0.2) is 32.7 Å². The van der Waals surface area contributed by atoms with Crippen molar-refractivity contribution >= 4 is 17.6 Å². The van der Waals surface area contributed by atoms with E-state index in [9.17, 15) is 9.59 Å². The van der Waals surface area contributed by atoms with Gasteiger partial charge in [-0.3, -0.25) is 9.59 Å². The summed E-state index contributed by atoms with van der Waals surface area (Å²) in [5, 5.41) is 2.73. The monoisotopic (exact) mass is 371 g/mol. The molecule has 0 heterocycles. The van der Waals surface area contributed by atoms with Crippen molar-refractivity contribution in [1.29, 1.82) is 0 Å². The van der Waals surface area contributed by atoms with Gasteiger partial charge in [0.1, 0.15) is 11.5 Å². The Balaban J connectivity index is 1.79. The second kappa shape index (κ2) is 10.2. The van der Waals surface area contributed by atoms with Gasteiger partial charge >= 0.3 is 5.97 Å². The van der Waals surface area contributed by atoms with Gasteiger partial charge in [0.2, 0.25) is 0 Å². The van der Waals surface area contributed by atoms with Crippen molar-refractivity contribution in [2.24, 2.45) is 0 Å². The lowest BCUT2D eigenvalue weighted by molar-refractivity contribution is -0.147. The summed E-state index contributed by atoms with van der Waals surface area (Å²) < 4.78 is 15.5. The number of carbonyl (C=O) groups excluding carboxylic acids is 2. The summed E-state index contributed by atoms with van der Waals surface area (Å²) in [6.07, 6.45) is 1.51. The van der Waals surface area contributed by atoms with Crippen molar-refractivity contribution in [1.82, 2.24) is 0 Å². The lowest BCUT2D eigenvalue weighted by Gasteiger charge is -2.09. The highest BCUT2D eigenvalue weighted by molar-refractivity contribution is 5.92. The van der Waals surface area contributed by atoms with Crippen LogP contribution in [0, 0.1) is 0 Å². The van der Waals surface area contributed by atoms with Gasteiger partial charge in [-0.05, 0) is 48.2 Å². The molecule has 144 valence electrons. The third kappa shape index (κ3) is 6.66. The molecule has 0 aromatic heterocycles. The molecule has 2 aromatic carbocycles. The van der Waals surface area contributed by atoms with Crippen LogP contribution in [-0.2, 0) is 27.2 Å². The summed E-state index contributed by atoms with van der Waals surface area (Å²) >= 11 is 0. The maximum Gasteiger partial charge on any atom is 0.306 e. The average Bonchev–Trinajstić information content (AvgIpc) is 2.70. The molecule has 2 rings (SSSR count). The van der Waals surface area contributed by atoms with E-state index in [1.165, 1.54) is 0 Å². The Morgan fingerprint density at radius 3 is 2.30 bits per heavy atom.